The van der Waals surface area contributed by atoms with E-state index in [4.69, 9.17) is 20.3 Å². The summed E-state index contributed by atoms with van der Waals surface area (Å²) in [4.78, 5) is 0. The van der Waals surface area contributed by atoms with Crippen LogP contribution in [-0.4, -0.2) is 31.0 Å². The fourth-order valence-electron chi connectivity index (χ4n) is 1.29. The Balaban J connectivity index is 3.21. The molecule has 0 aliphatic carbocycles. The van der Waals surface area contributed by atoms with Gasteiger partial charge in [-0.2, -0.15) is 0 Å². The maximum absolute atomic E-state index is 9.54. The summed E-state index contributed by atoms with van der Waals surface area (Å²) in [6.07, 6.45) is 0. The van der Waals surface area contributed by atoms with Gasteiger partial charge in [-0.25, -0.2) is 0 Å². The fourth-order valence-corrected chi connectivity index (χ4v) is 1.29. The smallest absolute Gasteiger partial charge is 0.164 e. The second-order valence-electron chi connectivity index (χ2n) is 3.06. The molecule has 1 rings (SSSR count). The summed E-state index contributed by atoms with van der Waals surface area (Å²) in [6.45, 7) is -0.220. The van der Waals surface area contributed by atoms with Crippen molar-refractivity contribution in [3.63, 3.8) is 0 Å². The van der Waals surface area contributed by atoms with Gasteiger partial charge in [0, 0.05) is 11.6 Å². The summed E-state index contributed by atoms with van der Waals surface area (Å²) in [5, 5.41) is 18.5. The van der Waals surface area contributed by atoms with E-state index in [9.17, 15) is 5.11 Å². The third-order valence-corrected chi connectivity index (χ3v) is 2.13. The minimum Gasteiger partial charge on any atom is -0.504 e. The second kappa shape index (κ2) is 4.86. The molecule has 0 spiro atoms. The molecule has 0 aliphatic heterocycles. The number of methoxy groups -OCH3 is 2. The number of aromatic hydroxyl groups is 1. The number of phenols is 1. The normalized spacial score (nSPS) is 12.3. The molecule has 4 N–H and O–H groups in total. The summed E-state index contributed by atoms with van der Waals surface area (Å²) in [5.74, 6) is 0.754. The number of hydrogen-bond acceptors (Lipinski definition) is 5. The molecule has 1 unspecified atom stereocenters. The number of benzene rings is 1. The van der Waals surface area contributed by atoms with E-state index in [0.717, 1.165) is 0 Å². The molecule has 0 bridgehead atoms. The van der Waals surface area contributed by atoms with Gasteiger partial charge in [0.2, 0.25) is 0 Å². The highest BCUT2D eigenvalue weighted by Gasteiger charge is 2.15. The van der Waals surface area contributed by atoms with Crippen molar-refractivity contribution in [1.82, 2.24) is 0 Å². The van der Waals surface area contributed by atoms with E-state index < -0.39 is 6.04 Å². The van der Waals surface area contributed by atoms with Gasteiger partial charge in [-0.3, -0.25) is 0 Å². The zero-order valence-electron chi connectivity index (χ0n) is 8.73. The first-order chi connectivity index (χ1) is 7.13. The standard InChI is InChI=1S/C10H15NO4/c1-14-9-4-10(15-2)8(13)3-6(9)7(11)5-12/h3-4,7,12-13H,5,11H2,1-2H3. The number of aliphatic hydroxyl groups is 1. The van der Waals surface area contributed by atoms with Gasteiger partial charge in [0.15, 0.2) is 11.5 Å². The maximum atomic E-state index is 9.54. The third kappa shape index (κ3) is 2.31. The zero-order valence-corrected chi connectivity index (χ0v) is 8.73. The number of hydrogen-bond donors (Lipinski definition) is 3. The lowest BCUT2D eigenvalue weighted by Crippen LogP contribution is -2.15. The highest BCUT2D eigenvalue weighted by Crippen LogP contribution is 2.35. The average molecular weight is 213 g/mol. The number of nitrogens with two attached hydrogens (primary N) is 1. The van der Waals surface area contributed by atoms with E-state index in [1.165, 1.54) is 26.4 Å². The molecule has 5 nitrogen and oxygen atoms in total. The van der Waals surface area contributed by atoms with Crippen molar-refractivity contribution in [3.8, 4) is 17.2 Å². The van der Waals surface area contributed by atoms with E-state index in [0.29, 0.717) is 17.1 Å². The van der Waals surface area contributed by atoms with Gasteiger partial charge in [0.1, 0.15) is 5.75 Å². The number of rotatable bonds is 4. The summed E-state index contributed by atoms with van der Waals surface area (Å²) in [7, 11) is 2.93. The Morgan fingerprint density at radius 2 is 1.87 bits per heavy atom. The Kier molecular flexibility index (Phi) is 3.76. The quantitative estimate of drug-likeness (QED) is 0.674. The Hall–Kier alpha value is -1.46. The van der Waals surface area contributed by atoms with Crippen LogP contribution in [0.15, 0.2) is 12.1 Å². The lowest BCUT2D eigenvalue weighted by molar-refractivity contribution is 0.264. The van der Waals surface area contributed by atoms with Crippen LogP contribution in [0.1, 0.15) is 11.6 Å². The molecule has 0 saturated carbocycles. The molecule has 0 saturated heterocycles. The molecule has 0 aromatic heterocycles. The third-order valence-electron chi connectivity index (χ3n) is 2.13. The van der Waals surface area contributed by atoms with Gasteiger partial charge in [-0.1, -0.05) is 0 Å². The molecule has 84 valence electrons. The molecular weight excluding hydrogens is 198 g/mol. The van der Waals surface area contributed by atoms with Gasteiger partial charge < -0.3 is 25.4 Å². The minimum absolute atomic E-state index is 0.0304. The SMILES string of the molecule is COc1cc(OC)c(C(N)CO)cc1O. The van der Waals surface area contributed by atoms with Gasteiger partial charge in [-0.15, -0.1) is 0 Å². The van der Waals surface area contributed by atoms with Gasteiger partial charge in [0.05, 0.1) is 26.9 Å². The highest BCUT2D eigenvalue weighted by atomic mass is 16.5. The van der Waals surface area contributed by atoms with E-state index >= 15 is 0 Å². The summed E-state index contributed by atoms with van der Waals surface area (Å²) < 4.78 is 10.0. The van der Waals surface area contributed by atoms with E-state index in [-0.39, 0.29) is 12.4 Å². The Morgan fingerprint density at radius 1 is 1.27 bits per heavy atom. The molecule has 0 aliphatic rings. The van der Waals surface area contributed by atoms with Crippen molar-refractivity contribution >= 4 is 0 Å². The lowest BCUT2D eigenvalue weighted by Gasteiger charge is -2.15. The summed E-state index contributed by atoms with van der Waals surface area (Å²) in [5.41, 5.74) is 6.19. The van der Waals surface area contributed by atoms with Crippen LogP contribution in [0.25, 0.3) is 0 Å². The minimum atomic E-state index is -0.586. The van der Waals surface area contributed by atoms with Crippen LogP contribution in [0.3, 0.4) is 0 Å². The first-order valence-corrected chi connectivity index (χ1v) is 4.45. The first-order valence-electron chi connectivity index (χ1n) is 4.45. The van der Waals surface area contributed by atoms with E-state index in [2.05, 4.69) is 0 Å². The molecule has 0 fully saturated rings. The predicted octanol–water partition coefficient (Wildman–Crippen LogP) is 0.401. The Bertz CT molecular complexity index is 340. The van der Waals surface area contributed by atoms with Crippen LogP contribution in [0.5, 0.6) is 17.2 Å². The predicted molar refractivity (Wildman–Crippen MR) is 55.2 cm³/mol. The van der Waals surface area contributed by atoms with Crippen molar-refractivity contribution in [2.75, 3.05) is 20.8 Å². The van der Waals surface area contributed by atoms with E-state index in [1.54, 1.807) is 0 Å². The van der Waals surface area contributed by atoms with Gasteiger partial charge >= 0.3 is 0 Å². The first kappa shape index (κ1) is 11.6. The van der Waals surface area contributed by atoms with Crippen LogP contribution < -0.4 is 15.2 Å². The average Bonchev–Trinajstić information content (AvgIpc) is 2.27. The maximum Gasteiger partial charge on any atom is 0.164 e. The zero-order chi connectivity index (χ0) is 11.4. The summed E-state index contributed by atoms with van der Waals surface area (Å²) in [6, 6.07) is 2.37. The number of phenolic OH excluding ortho intramolecular Hbond substituents is 1. The second-order valence-corrected chi connectivity index (χ2v) is 3.06. The van der Waals surface area contributed by atoms with Crippen molar-refractivity contribution in [3.05, 3.63) is 17.7 Å². The Morgan fingerprint density at radius 3 is 2.33 bits per heavy atom. The van der Waals surface area contributed by atoms with Crippen molar-refractivity contribution in [2.24, 2.45) is 5.73 Å². The number of aliphatic hydroxyl groups excluding tert-OH is 1. The fraction of sp³-hybridized carbons (Fsp3) is 0.400. The molecular formula is C10H15NO4. The molecule has 5 heteroatoms. The van der Waals surface area contributed by atoms with Crippen molar-refractivity contribution < 1.29 is 19.7 Å². The van der Waals surface area contributed by atoms with Crippen LogP contribution in [0, 0.1) is 0 Å². The van der Waals surface area contributed by atoms with E-state index in [1.807, 2.05) is 0 Å². The largest absolute Gasteiger partial charge is 0.504 e. The van der Waals surface area contributed by atoms with Crippen molar-refractivity contribution in [1.29, 1.82) is 0 Å². The summed E-state index contributed by atoms with van der Waals surface area (Å²) >= 11 is 0. The monoisotopic (exact) mass is 213 g/mol. The molecule has 1 atom stereocenters. The number of ether oxygens (including phenoxy) is 2. The van der Waals surface area contributed by atoms with Crippen molar-refractivity contribution in [2.45, 2.75) is 6.04 Å². The molecule has 0 radical (unpaired) electrons. The van der Waals surface area contributed by atoms with Gasteiger partial charge in [-0.05, 0) is 6.07 Å². The molecule has 0 heterocycles. The van der Waals surface area contributed by atoms with Gasteiger partial charge in [0.25, 0.3) is 0 Å². The highest BCUT2D eigenvalue weighted by molar-refractivity contribution is 5.51. The Labute approximate surface area is 88.0 Å². The van der Waals surface area contributed by atoms with Crippen LogP contribution >= 0.6 is 0 Å². The topological polar surface area (TPSA) is 84.9 Å². The molecule has 1 aromatic rings. The van der Waals surface area contributed by atoms with Crippen LogP contribution in [0.4, 0.5) is 0 Å². The molecule has 15 heavy (non-hydrogen) atoms. The molecule has 1 aromatic carbocycles. The lowest BCUT2D eigenvalue weighted by atomic mass is 10.1. The van der Waals surface area contributed by atoms with Crippen LogP contribution in [0.2, 0.25) is 0 Å². The van der Waals surface area contributed by atoms with Crippen LogP contribution in [-0.2, 0) is 0 Å². The molecule has 0 amide bonds.